The van der Waals surface area contributed by atoms with Crippen LogP contribution in [0.1, 0.15) is 24.5 Å². The molecule has 3 aromatic rings. The number of benzene rings is 3. The monoisotopic (exact) mass is 416 g/mol. The highest BCUT2D eigenvalue weighted by molar-refractivity contribution is 5.93. The van der Waals surface area contributed by atoms with Gasteiger partial charge in [-0.1, -0.05) is 60.7 Å². The second-order valence-electron chi connectivity index (χ2n) is 7.93. The van der Waals surface area contributed by atoms with Gasteiger partial charge in [-0.15, -0.1) is 0 Å². The fraction of sp³-hybridized carbons (Fsp3) is 0.269. The number of rotatable bonds is 7. The lowest BCUT2D eigenvalue weighted by atomic mass is 9.87. The van der Waals surface area contributed by atoms with Crippen LogP contribution in [0.2, 0.25) is 0 Å². The van der Waals surface area contributed by atoms with Gasteiger partial charge in [-0.25, -0.2) is 0 Å². The van der Waals surface area contributed by atoms with E-state index in [1.165, 1.54) is 0 Å². The highest BCUT2D eigenvalue weighted by Crippen LogP contribution is 2.31. The molecule has 0 radical (unpaired) electrons. The molecule has 160 valence electrons. The van der Waals surface area contributed by atoms with Crippen molar-refractivity contribution in [2.45, 2.75) is 18.9 Å². The number of carbonyl (C=O) groups is 1. The van der Waals surface area contributed by atoms with E-state index in [2.05, 4.69) is 10.2 Å². The van der Waals surface area contributed by atoms with E-state index < -0.39 is 6.10 Å². The van der Waals surface area contributed by atoms with Crippen LogP contribution in [-0.4, -0.2) is 35.5 Å². The van der Waals surface area contributed by atoms with Crippen molar-refractivity contribution in [1.29, 1.82) is 0 Å². The van der Waals surface area contributed by atoms with Crippen LogP contribution in [0.15, 0.2) is 84.9 Å². The first-order chi connectivity index (χ1) is 15.2. The van der Waals surface area contributed by atoms with Crippen molar-refractivity contribution in [2.24, 2.45) is 5.92 Å². The Kier molecular flexibility index (Phi) is 6.97. The molecule has 1 atom stereocenters. The van der Waals surface area contributed by atoms with Gasteiger partial charge in [-0.05, 0) is 61.7 Å². The molecule has 3 aromatic carbocycles. The molecule has 0 aromatic heterocycles. The first-order valence-corrected chi connectivity index (χ1v) is 10.8. The number of hydrogen-bond donors (Lipinski definition) is 2. The van der Waals surface area contributed by atoms with E-state index in [4.69, 9.17) is 4.74 Å². The molecule has 5 nitrogen and oxygen atoms in total. The molecule has 0 bridgehead atoms. The van der Waals surface area contributed by atoms with E-state index in [1.807, 2.05) is 84.9 Å². The van der Waals surface area contributed by atoms with Gasteiger partial charge < -0.3 is 15.2 Å². The minimum absolute atomic E-state index is 0.0637. The van der Waals surface area contributed by atoms with Crippen molar-refractivity contribution in [1.82, 2.24) is 4.90 Å². The molecule has 2 N–H and O–H groups in total. The molecule has 0 unspecified atom stereocenters. The van der Waals surface area contributed by atoms with Gasteiger partial charge in [-0.3, -0.25) is 9.69 Å². The van der Waals surface area contributed by atoms with Crippen LogP contribution in [0, 0.1) is 5.92 Å². The van der Waals surface area contributed by atoms with Crippen molar-refractivity contribution in [3.63, 3.8) is 0 Å². The maximum atomic E-state index is 12.7. The number of piperidine rings is 1. The van der Waals surface area contributed by atoms with E-state index in [0.717, 1.165) is 37.2 Å². The predicted octanol–water partition coefficient (Wildman–Crippen LogP) is 4.86. The molecule has 1 aliphatic heterocycles. The van der Waals surface area contributed by atoms with E-state index in [-0.39, 0.29) is 11.8 Å². The summed E-state index contributed by atoms with van der Waals surface area (Å²) in [5.41, 5.74) is 1.62. The number of nitrogens with zero attached hydrogens (tertiary/aromatic N) is 1. The Balaban J connectivity index is 1.29. The Bertz CT molecular complexity index is 970. The second kappa shape index (κ2) is 10.2. The van der Waals surface area contributed by atoms with Crippen LogP contribution < -0.4 is 10.1 Å². The molecule has 31 heavy (non-hydrogen) atoms. The van der Waals surface area contributed by atoms with Gasteiger partial charge in [0.25, 0.3) is 0 Å². The highest BCUT2D eigenvalue weighted by atomic mass is 16.5. The number of amides is 1. The van der Waals surface area contributed by atoms with E-state index in [9.17, 15) is 9.90 Å². The number of aliphatic hydroxyl groups excluding tert-OH is 1. The molecule has 0 spiro atoms. The highest BCUT2D eigenvalue weighted by Gasteiger charge is 2.27. The lowest BCUT2D eigenvalue weighted by molar-refractivity contribution is -0.117. The third-order valence-electron chi connectivity index (χ3n) is 5.72. The molecule has 0 aliphatic carbocycles. The minimum atomic E-state index is -0.445. The van der Waals surface area contributed by atoms with Gasteiger partial charge in [0, 0.05) is 0 Å². The quantitative estimate of drug-likeness (QED) is 0.577. The minimum Gasteiger partial charge on any atom is -0.455 e. The van der Waals surface area contributed by atoms with Crippen molar-refractivity contribution >= 4 is 11.6 Å². The Morgan fingerprint density at radius 1 is 0.935 bits per heavy atom. The Labute approximate surface area is 183 Å². The Hall–Kier alpha value is -3.15. The smallest absolute Gasteiger partial charge is 0.238 e. The Morgan fingerprint density at radius 2 is 1.55 bits per heavy atom. The lowest BCUT2D eigenvalue weighted by Crippen LogP contribution is -2.40. The number of anilines is 1. The third-order valence-corrected chi connectivity index (χ3v) is 5.72. The number of para-hydroxylation sites is 3. The summed E-state index contributed by atoms with van der Waals surface area (Å²) in [5, 5.41) is 13.6. The van der Waals surface area contributed by atoms with Crippen molar-refractivity contribution < 1.29 is 14.6 Å². The van der Waals surface area contributed by atoms with Gasteiger partial charge in [0.2, 0.25) is 5.91 Å². The van der Waals surface area contributed by atoms with E-state index in [0.29, 0.717) is 18.0 Å². The summed E-state index contributed by atoms with van der Waals surface area (Å²) >= 11 is 0. The summed E-state index contributed by atoms with van der Waals surface area (Å²) in [6.45, 7) is 1.92. The topological polar surface area (TPSA) is 61.8 Å². The average Bonchev–Trinajstić information content (AvgIpc) is 2.82. The molecule has 5 heteroatoms. The van der Waals surface area contributed by atoms with Gasteiger partial charge in [0.1, 0.15) is 5.75 Å². The van der Waals surface area contributed by atoms with Crippen LogP contribution in [0.4, 0.5) is 5.69 Å². The zero-order valence-electron chi connectivity index (χ0n) is 17.5. The van der Waals surface area contributed by atoms with Crippen LogP contribution in [0.3, 0.4) is 0 Å². The van der Waals surface area contributed by atoms with Crippen molar-refractivity contribution in [2.75, 3.05) is 25.0 Å². The van der Waals surface area contributed by atoms with Crippen LogP contribution in [0.25, 0.3) is 0 Å². The zero-order valence-corrected chi connectivity index (χ0v) is 17.5. The maximum absolute atomic E-state index is 12.7. The van der Waals surface area contributed by atoms with Gasteiger partial charge in [-0.2, -0.15) is 0 Å². The van der Waals surface area contributed by atoms with Crippen molar-refractivity contribution in [3.8, 4) is 11.5 Å². The summed E-state index contributed by atoms with van der Waals surface area (Å²) in [6, 6.07) is 26.8. The standard InChI is InChI=1S/C26H28N2O3/c29-25(27-23-13-7-8-14-24(23)31-22-11-5-2-6-12-22)19-28-17-15-21(16-18-28)26(30)20-9-3-1-4-10-20/h1-14,21,26,30H,15-19H2,(H,27,29)/t26-/m0/s1. The van der Waals surface area contributed by atoms with Gasteiger partial charge in [0.05, 0.1) is 18.3 Å². The average molecular weight is 417 g/mol. The Morgan fingerprint density at radius 3 is 2.26 bits per heavy atom. The molecular formula is C26H28N2O3. The maximum Gasteiger partial charge on any atom is 0.238 e. The summed E-state index contributed by atoms with van der Waals surface area (Å²) in [6.07, 6.45) is 1.30. The molecule has 1 aliphatic rings. The van der Waals surface area contributed by atoms with Crippen LogP contribution in [-0.2, 0) is 4.79 Å². The molecule has 1 heterocycles. The summed E-state index contributed by atoms with van der Waals surface area (Å²) in [4.78, 5) is 14.8. The van der Waals surface area contributed by atoms with E-state index >= 15 is 0 Å². The SMILES string of the molecule is O=C(CN1CCC([C@@H](O)c2ccccc2)CC1)Nc1ccccc1Oc1ccccc1. The first-order valence-electron chi connectivity index (χ1n) is 10.8. The van der Waals surface area contributed by atoms with E-state index in [1.54, 1.807) is 0 Å². The third kappa shape index (κ3) is 5.72. The molecule has 1 amide bonds. The molecular weight excluding hydrogens is 388 g/mol. The van der Waals surface area contributed by atoms with Crippen LogP contribution in [0.5, 0.6) is 11.5 Å². The zero-order chi connectivity index (χ0) is 21.5. The summed E-state index contributed by atoms with van der Waals surface area (Å²) < 4.78 is 5.93. The second-order valence-corrected chi connectivity index (χ2v) is 7.93. The fourth-order valence-electron chi connectivity index (χ4n) is 4.02. The number of carbonyl (C=O) groups excluding carboxylic acids is 1. The summed E-state index contributed by atoms with van der Waals surface area (Å²) in [5.74, 6) is 1.50. The number of hydrogen-bond acceptors (Lipinski definition) is 4. The number of likely N-dealkylation sites (tertiary alicyclic amines) is 1. The fourth-order valence-corrected chi connectivity index (χ4v) is 4.02. The normalized spacial score (nSPS) is 15.9. The van der Waals surface area contributed by atoms with Gasteiger partial charge >= 0.3 is 0 Å². The van der Waals surface area contributed by atoms with Gasteiger partial charge in [0.15, 0.2) is 5.75 Å². The van der Waals surface area contributed by atoms with Crippen molar-refractivity contribution in [3.05, 3.63) is 90.5 Å². The molecule has 4 rings (SSSR count). The van der Waals surface area contributed by atoms with Crippen LogP contribution >= 0.6 is 0 Å². The first kappa shape index (κ1) is 21.1. The molecule has 1 saturated heterocycles. The predicted molar refractivity (Wildman–Crippen MR) is 122 cm³/mol. The molecule has 1 fully saturated rings. The number of aliphatic hydroxyl groups is 1. The largest absolute Gasteiger partial charge is 0.455 e. The summed E-state index contributed by atoms with van der Waals surface area (Å²) in [7, 11) is 0. The number of nitrogens with one attached hydrogen (secondary N) is 1. The number of ether oxygens (including phenoxy) is 1. The molecule has 0 saturated carbocycles. The lowest BCUT2D eigenvalue weighted by Gasteiger charge is -2.34.